The molecule has 1 atom stereocenters. The van der Waals surface area contributed by atoms with Gasteiger partial charge in [0.2, 0.25) is 5.91 Å². The number of nitrogens with zero attached hydrogens (tertiary/aromatic N) is 1. The lowest BCUT2D eigenvalue weighted by molar-refractivity contribution is -0.143. The first-order chi connectivity index (χ1) is 15.9. The Labute approximate surface area is 202 Å². The van der Waals surface area contributed by atoms with E-state index in [1.165, 1.54) is 6.42 Å². The molecule has 1 aliphatic carbocycles. The van der Waals surface area contributed by atoms with Gasteiger partial charge in [0.1, 0.15) is 11.8 Å². The van der Waals surface area contributed by atoms with Crippen molar-refractivity contribution in [3.8, 4) is 5.75 Å². The molecular formula is C27H35ClN2O3. The second-order valence-electron chi connectivity index (χ2n) is 8.97. The maximum absolute atomic E-state index is 13.3. The summed E-state index contributed by atoms with van der Waals surface area (Å²) in [5.41, 5.74) is 3.02. The van der Waals surface area contributed by atoms with E-state index in [4.69, 9.17) is 16.3 Å². The highest BCUT2D eigenvalue weighted by Gasteiger charge is 2.30. The second-order valence-corrected chi connectivity index (χ2v) is 9.38. The van der Waals surface area contributed by atoms with Crippen LogP contribution in [0.4, 0.5) is 0 Å². The van der Waals surface area contributed by atoms with Gasteiger partial charge in [-0.3, -0.25) is 9.59 Å². The van der Waals surface area contributed by atoms with Crippen LogP contribution in [0.5, 0.6) is 5.75 Å². The largest absolute Gasteiger partial charge is 0.484 e. The first-order valence-corrected chi connectivity index (χ1v) is 12.3. The lowest BCUT2D eigenvalue weighted by atomic mass is 9.95. The zero-order chi connectivity index (χ0) is 23.8. The Hall–Kier alpha value is -2.53. The Balaban J connectivity index is 1.75. The number of nitrogens with one attached hydrogen (secondary N) is 1. The third-order valence-electron chi connectivity index (χ3n) is 6.30. The fourth-order valence-electron chi connectivity index (χ4n) is 4.29. The molecule has 1 fully saturated rings. The Morgan fingerprint density at radius 1 is 1.09 bits per heavy atom. The average Bonchev–Trinajstić information content (AvgIpc) is 2.81. The topological polar surface area (TPSA) is 58.6 Å². The number of halogens is 1. The van der Waals surface area contributed by atoms with Crippen LogP contribution in [0.3, 0.4) is 0 Å². The van der Waals surface area contributed by atoms with Gasteiger partial charge in [-0.25, -0.2) is 0 Å². The van der Waals surface area contributed by atoms with E-state index >= 15 is 0 Å². The van der Waals surface area contributed by atoms with Crippen LogP contribution < -0.4 is 10.1 Å². The summed E-state index contributed by atoms with van der Waals surface area (Å²) in [6, 6.07) is 13.0. The maximum atomic E-state index is 13.3. The van der Waals surface area contributed by atoms with E-state index < -0.39 is 6.04 Å². The van der Waals surface area contributed by atoms with E-state index in [0.29, 0.717) is 23.7 Å². The fraction of sp³-hybridized carbons (Fsp3) is 0.481. The van der Waals surface area contributed by atoms with Gasteiger partial charge < -0.3 is 15.0 Å². The van der Waals surface area contributed by atoms with Crippen molar-refractivity contribution in [2.24, 2.45) is 0 Å². The Morgan fingerprint density at radius 2 is 1.79 bits per heavy atom. The molecule has 0 bridgehead atoms. The molecule has 1 N–H and O–H groups in total. The molecule has 2 aromatic rings. The van der Waals surface area contributed by atoms with Crippen molar-refractivity contribution in [1.82, 2.24) is 10.2 Å². The summed E-state index contributed by atoms with van der Waals surface area (Å²) >= 11 is 6.10. The number of hydrogen-bond donors (Lipinski definition) is 1. The zero-order valence-corrected chi connectivity index (χ0v) is 20.7. The van der Waals surface area contributed by atoms with Crippen LogP contribution in [0.1, 0.15) is 62.1 Å². The van der Waals surface area contributed by atoms with Crippen molar-refractivity contribution in [3.05, 3.63) is 64.2 Å². The monoisotopic (exact) mass is 470 g/mol. The highest BCUT2D eigenvalue weighted by Crippen LogP contribution is 2.22. The Morgan fingerprint density at radius 3 is 2.42 bits per heavy atom. The minimum Gasteiger partial charge on any atom is -0.484 e. The first kappa shape index (κ1) is 25.1. The molecule has 0 heterocycles. The molecule has 0 spiro atoms. The zero-order valence-electron chi connectivity index (χ0n) is 19.9. The van der Waals surface area contributed by atoms with E-state index in [0.717, 1.165) is 42.4 Å². The maximum Gasteiger partial charge on any atom is 0.261 e. The van der Waals surface area contributed by atoms with Gasteiger partial charge in [-0.2, -0.15) is 0 Å². The first-order valence-electron chi connectivity index (χ1n) is 11.9. The molecule has 0 saturated heterocycles. The van der Waals surface area contributed by atoms with Crippen LogP contribution in [0.15, 0.2) is 42.5 Å². The summed E-state index contributed by atoms with van der Waals surface area (Å²) in [4.78, 5) is 28.2. The van der Waals surface area contributed by atoms with E-state index in [9.17, 15) is 9.59 Å². The molecule has 0 unspecified atom stereocenters. The smallest absolute Gasteiger partial charge is 0.261 e. The van der Waals surface area contributed by atoms with Crippen molar-refractivity contribution in [3.63, 3.8) is 0 Å². The molecule has 6 heteroatoms. The fourth-order valence-corrected chi connectivity index (χ4v) is 4.41. The Kier molecular flexibility index (Phi) is 9.19. The van der Waals surface area contributed by atoms with Crippen molar-refractivity contribution >= 4 is 23.4 Å². The molecule has 1 saturated carbocycles. The van der Waals surface area contributed by atoms with Crippen LogP contribution in [0.2, 0.25) is 5.02 Å². The van der Waals surface area contributed by atoms with Gasteiger partial charge >= 0.3 is 0 Å². The van der Waals surface area contributed by atoms with Crippen LogP contribution >= 0.6 is 11.6 Å². The summed E-state index contributed by atoms with van der Waals surface area (Å²) in [7, 11) is 0. The standard InChI is InChI=1S/C27H35ClN2O3/c1-4-25(27(32)29-22-8-6-5-7-9-22)30(17-21-12-10-19(2)11-13-21)26(31)18-33-23-14-15-24(28)20(3)16-23/h10-16,22,25H,4-9,17-18H2,1-3H3,(H,29,32)/t25-/m0/s1. The number of carbonyl (C=O) groups is 2. The molecule has 5 nitrogen and oxygen atoms in total. The van der Waals surface area contributed by atoms with E-state index in [2.05, 4.69) is 5.32 Å². The molecule has 0 aromatic heterocycles. The number of aryl methyl sites for hydroxylation is 2. The van der Waals surface area contributed by atoms with Crippen molar-refractivity contribution < 1.29 is 14.3 Å². The summed E-state index contributed by atoms with van der Waals surface area (Å²) in [6.45, 7) is 6.09. The molecule has 2 aromatic carbocycles. The summed E-state index contributed by atoms with van der Waals surface area (Å²) in [6.07, 6.45) is 6.06. The summed E-state index contributed by atoms with van der Waals surface area (Å²) in [5.74, 6) is 0.293. The minimum atomic E-state index is -0.545. The van der Waals surface area contributed by atoms with Gasteiger partial charge in [0.25, 0.3) is 5.91 Å². The van der Waals surface area contributed by atoms with Crippen molar-refractivity contribution in [2.75, 3.05) is 6.61 Å². The predicted octanol–water partition coefficient (Wildman–Crippen LogP) is 5.59. The summed E-state index contributed by atoms with van der Waals surface area (Å²) < 4.78 is 5.78. The van der Waals surface area contributed by atoms with Crippen LogP contribution in [-0.4, -0.2) is 35.4 Å². The quantitative estimate of drug-likeness (QED) is 0.519. The second kappa shape index (κ2) is 12.1. The van der Waals surface area contributed by atoms with Gasteiger partial charge in [-0.1, -0.05) is 67.6 Å². The van der Waals surface area contributed by atoms with Crippen molar-refractivity contribution in [1.29, 1.82) is 0 Å². The molecule has 178 valence electrons. The number of amides is 2. The molecule has 0 radical (unpaired) electrons. The SMILES string of the molecule is CC[C@@H](C(=O)NC1CCCCC1)N(Cc1ccc(C)cc1)C(=O)COc1ccc(Cl)c(C)c1. The third-order valence-corrected chi connectivity index (χ3v) is 6.73. The van der Waals surface area contributed by atoms with Crippen LogP contribution in [0, 0.1) is 13.8 Å². The van der Waals surface area contributed by atoms with Crippen LogP contribution in [-0.2, 0) is 16.1 Å². The molecule has 1 aliphatic rings. The molecule has 33 heavy (non-hydrogen) atoms. The normalized spacial score (nSPS) is 15.0. The molecule has 0 aliphatic heterocycles. The van der Waals surface area contributed by atoms with Gasteiger partial charge in [0, 0.05) is 17.6 Å². The van der Waals surface area contributed by atoms with Gasteiger partial charge in [0.15, 0.2) is 6.61 Å². The average molecular weight is 471 g/mol. The number of hydrogen-bond acceptors (Lipinski definition) is 3. The molecular weight excluding hydrogens is 436 g/mol. The van der Waals surface area contributed by atoms with Gasteiger partial charge in [-0.15, -0.1) is 0 Å². The number of carbonyl (C=O) groups excluding carboxylic acids is 2. The summed E-state index contributed by atoms with van der Waals surface area (Å²) in [5, 5.41) is 3.85. The van der Waals surface area contributed by atoms with Crippen molar-refractivity contribution in [2.45, 2.75) is 77.9 Å². The molecule has 3 rings (SSSR count). The lowest BCUT2D eigenvalue weighted by Crippen LogP contribution is -2.52. The number of rotatable bonds is 9. The third kappa shape index (κ3) is 7.23. The van der Waals surface area contributed by atoms with E-state index in [1.807, 2.05) is 51.1 Å². The van der Waals surface area contributed by atoms with Gasteiger partial charge in [0.05, 0.1) is 0 Å². The molecule has 2 amide bonds. The van der Waals surface area contributed by atoms with E-state index in [-0.39, 0.29) is 24.5 Å². The minimum absolute atomic E-state index is 0.0767. The predicted molar refractivity (Wildman–Crippen MR) is 133 cm³/mol. The highest BCUT2D eigenvalue weighted by atomic mass is 35.5. The van der Waals surface area contributed by atoms with Gasteiger partial charge in [-0.05, 0) is 62.4 Å². The lowest BCUT2D eigenvalue weighted by Gasteiger charge is -2.32. The van der Waals surface area contributed by atoms with Crippen LogP contribution in [0.25, 0.3) is 0 Å². The Bertz CT molecular complexity index is 939. The number of benzene rings is 2. The van der Waals surface area contributed by atoms with E-state index in [1.54, 1.807) is 17.0 Å². The number of ether oxygens (including phenoxy) is 1. The highest BCUT2D eigenvalue weighted by molar-refractivity contribution is 6.31.